The van der Waals surface area contributed by atoms with Crippen molar-refractivity contribution in [1.29, 1.82) is 0 Å². The molecule has 0 saturated heterocycles. The Bertz CT molecular complexity index is 349. The highest BCUT2D eigenvalue weighted by Crippen LogP contribution is 2.25. The second kappa shape index (κ2) is 4.65. The minimum Gasteiger partial charge on any atom is -0.481 e. The Balaban J connectivity index is 2.82. The Morgan fingerprint density at radius 3 is 2.87 bits per heavy atom. The predicted molar refractivity (Wildman–Crippen MR) is 58.0 cm³/mol. The number of hydrogen-bond donors (Lipinski definition) is 1. The Morgan fingerprint density at radius 1 is 1.67 bits per heavy atom. The van der Waals surface area contributed by atoms with Gasteiger partial charge in [0.1, 0.15) is 6.33 Å². The lowest BCUT2D eigenvalue weighted by Crippen LogP contribution is -2.25. The van der Waals surface area contributed by atoms with Crippen LogP contribution < -0.4 is 0 Å². The van der Waals surface area contributed by atoms with Gasteiger partial charge in [0.2, 0.25) is 0 Å². The highest BCUT2D eigenvalue weighted by molar-refractivity contribution is 7.99. The molecule has 0 aromatic carbocycles. The first kappa shape index (κ1) is 12.0. The molecule has 0 aliphatic rings. The van der Waals surface area contributed by atoms with Crippen LogP contribution in [0.2, 0.25) is 0 Å². The summed E-state index contributed by atoms with van der Waals surface area (Å²) in [7, 11) is 0. The fourth-order valence-corrected chi connectivity index (χ4v) is 1.83. The van der Waals surface area contributed by atoms with E-state index in [9.17, 15) is 4.79 Å². The third kappa shape index (κ3) is 2.95. The molecule has 0 saturated carbocycles. The summed E-state index contributed by atoms with van der Waals surface area (Å²) in [6, 6.07) is 0. The van der Waals surface area contributed by atoms with Gasteiger partial charge in [0.25, 0.3) is 0 Å². The summed E-state index contributed by atoms with van der Waals surface area (Å²) in [5, 5.41) is 17.0. The van der Waals surface area contributed by atoms with Crippen molar-refractivity contribution >= 4 is 17.7 Å². The fourth-order valence-electron chi connectivity index (χ4n) is 1.03. The van der Waals surface area contributed by atoms with Gasteiger partial charge < -0.3 is 9.67 Å². The number of carbonyl (C=O) groups is 1. The van der Waals surface area contributed by atoms with Crippen molar-refractivity contribution in [1.82, 2.24) is 14.8 Å². The largest absolute Gasteiger partial charge is 0.481 e. The van der Waals surface area contributed by atoms with Crippen LogP contribution in [0, 0.1) is 0 Å². The van der Waals surface area contributed by atoms with Crippen LogP contribution in [-0.4, -0.2) is 31.6 Å². The average Bonchev–Trinajstić information content (AvgIpc) is 2.63. The number of carboxylic acids is 1. The lowest BCUT2D eigenvalue weighted by atomic mass is 10.0. The topological polar surface area (TPSA) is 68.0 Å². The summed E-state index contributed by atoms with van der Waals surface area (Å²) < 4.78 is 1.92. The summed E-state index contributed by atoms with van der Waals surface area (Å²) >= 11 is 1.19. The van der Waals surface area contributed by atoms with Crippen LogP contribution in [-0.2, 0) is 10.3 Å². The Kier molecular flexibility index (Phi) is 3.73. The molecule has 0 amide bonds. The van der Waals surface area contributed by atoms with E-state index in [0.29, 0.717) is 5.16 Å². The summed E-state index contributed by atoms with van der Waals surface area (Å²) in [6.45, 7) is 6.22. The van der Waals surface area contributed by atoms with Gasteiger partial charge in [0.15, 0.2) is 5.16 Å². The fraction of sp³-hybridized carbons (Fsp3) is 0.667. The molecule has 0 bridgehead atoms. The quantitative estimate of drug-likeness (QED) is 0.777. The molecule has 1 aromatic rings. The number of rotatable bonds is 5. The maximum absolute atomic E-state index is 10.4. The predicted octanol–water partition coefficient (Wildman–Crippen LogP) is 1.60. The van der Waals surface area contributed by atoms with E-state index in [1.807, 2.05) is 4.57 Å². The van der Waals surface area contributed by atoms with Crippen molar-refractivity contribution in [2.45, 2.75) is 37.9 Å². The molecule has 15 heavy (non-hydrogen) atoms. The molecular weight excluding hydrogens is 214 g/mol. The lowest BCUT2D eigenvalue weighted by molar-refractivity contribution is -0.133. The van der Waals surface area contributed by atoms with Crippen molar-refractivity contribution in [2.75, 3.05) is 5.75 Å². The number of aliphatic carboxylic acids is 1. The van der Waals surface area contributed by atoms with E-state index >= 15 is 0 Å². The number of nitrogens with zero attached hydrogens (tertiary/aromatic N) is 3. The van der Waals surface area contributed by atoms with Crippen LogP contribution in [0.1, 0.15) is 27.2 Å². The van der Waals surface area contributed by atoms with Crippen molar-refractivity contribution in [3.8, 4) is 0 Å². The number of thioether (sulfide) groups is 1. The second-order valence-electron chi connectivity index (χ2n) is 3.83. The van der Waals surface area contributed by atoms with Gasteiger partial charge in [0, 0.05) is 5.54 Å². The third-order valence-electron chi connectivity index (χ3n) is 2.36. The summed E-state index contributed by atoms with van der Waals surface area (Å²) in [5.41, 5.74) is -0.0790. The Hall–Kier alpha value is -1.04. The van der Waals surface area contributed by atoms with Crippen LogP contribution in [0.3, 0.4) is 0 Å². The first-order chi connectivity index (χ1) is 6.97. The molecule has 0 spiro atoms. The number of carboxylic acid groups (broad SMARTS) is 1. The lowest BCUT2D eigenvalue weighted by Gasteiger charge is -2.25. The zero-order valence-corrected chi connectivity index (χ0v) is 9.91. The molecule has 0 aliphatic carbocycles. The van der Waals surface area contributed by atoms with E-state index in [2.05, 4.69) is 31.0 Å². The average molecular weight is 229 g/mol. The molecule has 0 aliphatic heterocycles. The van der Waals surface area contributed by atoms with Gasteiger partial charge in [-0.15, -0.1) is 10.2 Å². The molecule has 1 aromatic heterocycles. The van der Waals surface area contributed by atoms with Gasteiger partial charge in [-0.05, 0) is 20.3 Å². The normalized spacial score (nSPS) is 11.7. The number of aromatic nitrogens is 3. The van der Waals surface area contributed by atoms with Crippen LogP contribution in [0.25, 0.3) is 0 Å². The monoisotopic (exact) mass is 229 g/mol. The van der Waals surface area contributed by atoms with Crippen LogP contribution >= 0.6 is 11.8 Å². The molecular formula is C9H15N3O2S. The van der Waals surface area contributed by atoms with Gasteiger partial charge >= 0.3 is 5.97 Å². The van der Waals surface area contributed by atoms with Gasteiger partial charge in [-0.25, -0.2) is 0 Å². The first-order valence-corrected chi connectivity index (χ1v) is 5.71. The van der Waals surface area contributed by atoms with Gasteiger partial charge in [-0.1, -0.05) is 18.7 Å². The molecule has 0 atom stereocenters. The highest BCUT2D eigenvalue weighted by Gasteiger charge is 2.21. The van der Waals surface area contributed by atoms with E-state index in [4.69, 9.17) is 5.11 Å². The Morgan fingerprint density at radius 2 is 2.33 bits per heavy atom. The SMILES string of the molecule is CCC(C)(C)n1cnnc1SCC(=O)O. The number of hydrogen-bond acceptors (Lipinski definition) is 4. The van der Waals surface area contributed by atoms with Crippen molar-refractivity contribution in [3.63, 3.8) is 0 Å². The zero-order chi connectivity index (χ0) is 11.5. The molecule has 0 radical (unpaired) electrons. The maximum Gasteiger partial charge on any atom is 0.313 e. The van der Waals surface area contributed by atoms with E-state index in [-0.39, 0.29) is 11.3 Å². The first-order valence-electron chi connectivity index (χ1n) is 4.72. The molecule has 1 heterocycles. The highest BCUT2D eigenvalue weighted by atomic mass is 32.2. The van der Waals surface area contributed by atoms with E-state index in [0.717, 1.165) is 6.42 Å². The van der Waals surface area contributed by atoms with E-state index in [1.54, 1.807) is 6.33 Å². The smallest absolute Gasteiger partial charge is 0.313 e. The molecule has 0 unspecified atom stereocenters. The molecule has 1 rings (SSSR count). The van der Waals surface area contributed by atoms with Crippen LogP contribution in [0.15, 0.2) is 11.5 Å². The minimum atomic E-state index is -0.844. The molecule has 5 nitrogen and oxygen atoms in total. The maximum atomic E-state index is 10.4. The molecule has 84 valence electrons. The summed E-state index contributed by atoms with van der Waals surface area (Å²) in [4.78, 5) is 10.4. The molecule has 1 N–H and O–H groups in total. The second-order valence-corrected chi connectivity index (χ2v) is 4.77. The molecule has 6 heteroatoms. The van der Waals surface area contributed by atoms with E-state index < -0.39 is 5.97 Å². The summed E-state index contributed by atoms with van der Waals surface area (Å²) in [6.07, 6.45) is 2.58. The van der Waals surface area contributed by atoms with Gasteiger partial charge in [0.05, 0.1) is 5.75 Å². The van der Waals surface area contributed by atoms with Crippen LogP contribution in [0.4, 0.5) is 0 Å². The van der Waals surface area contributed by atoms with Crippen molar-refractivity contribution in [2.24, 2.45) is 0 Å². The Labute approximate surface area is 92.9 Å². The summed E-state index contributed by atoms with van der Waals surface area (Å²) in [5.74, 6) is -0.831. The third-order valence-corrected chi connectivity index (χ3v) is 3.29. The van der Waals surface area contributed by atoms with Crippen molar-refractivity contribution in [3.05, 3.63) is 6.33 Å². The zero-order valence-electron chi connectivity index (χ0n) is 9.10. The van der Waals surface area contributed by atoms with Gasteiger partial charge in [-0.3, -0.25) is 4.79 Å². The molecule has 0 fully saturated rings. The standard InChI is InChI=1S/C9H15N3O2S/c1-4-9(2,3)12-6-10-11-8(12)15-5-7(13)14/h6H,4-5H2,1-3H3,(H,13,14). The van der Waals surface area contributed by atoms with Crippen LogP contribution in [0.5, 0.6) is 0 Å². The van der Waals surface area contributed by atoms with Crippen molar-refractivity contribution < 1.29 is 9.90 Å². The van der Waals surface area contributed by atoms with Gasteiger partial charge in [-0.2, -0.15) is 0 Å². The minimum absolute atomic E-state index is 0.0124. The van der Waals surface area contributed by atoms with E-state index in [1.165, 1.54) is 11.8 Å².